The number of nitrogens with zero attached hydrogens (tertiary/aromatic N) is 2. The summed E-state index contributed by atoms with van der Waals surface area (Å²) >= 11 is 0. The number of aromatic nitrogens is 1. The van der Waals surface area contributed by atoms with E-state index in [1.807, 2.05) is 68.4 Å². The van der Waals surface area contributed by atoms with E-state index < -0.39 is 0 Å². The van der Waals surface area contributed by atoms with Gasteiger partial charge in [-0.2, -0.15) is 0 Å². The van der Waals surface area contributed by atoms with Crippen LogP contribution >= 0.6 is 0 Å². The fourth-order valence-corrected chi connectivity index (χ4v) is 3.02. The third kappa shape index (κ3) is 4.63. The van der Waals surface area contributed by atoms with Crippen molar-refractivity contribution in [3.8, 4) is 17.0 Å². The lowest BCUT2D eigenvalue weighted by molar-refractivity contribution is -0.116. The molecule has 5 heteroatoms. The highest BCUT2D eigenvalue weighted by Gasteiger charge is 2.09. The van der Waals surface area contributed by atoms with Crippen molar-refractivity contribution in [2.24, 2.45) is 0 Å². The first kappa shape index (κ1) is 18.9. The van der Waals surface area contributed by atoms with Gasteiger partial charge in [0, 0.05) is 16.6 Å². The SMILES string of the molecule is CCOc1cccc(-c2cc(C)c3cc(NC(=O)CN(C)C)ccc3n2)c1. The van der Waals surface area contributed by atoms with Crippen molar-refractivity contribution >= 4 is 22.5 Å². The van der Waals surface area contributed by atoms with Gasteiger partial charge in [0.15, 0.2) is 0 Å². The number of amides is 1. The number of nitrogens with one attached hydrogen (secondary N) is 1. The molecular weight excluding hydrogens is 338 g/mol. The highest BCUT2D eigenvalue weighted by molar-refractivity contribution is 5.95. The van der Waals surface area contributed by atoms with Crippen LogP contribution in [-0.4, -0.2) is 43.0 Å². The molecule has 0 aliphatic carbocycles. The summed E-state index contributed by atoms with van der Waals surface area (Å²) in [6.45, 7) is 5.02. The molecule has 1 aromatic heterocycles. The third-order valence-electron chi connectivity index (χ3n) is 4.20. The second kappa shape index (κ2) is 8.18. The largest absolute Gasteiger partial charge is 0.494 e. The Morgan fingerprint density at radius 3 is 2.70 bits per heavy atom. The van der Waals surface area contributed by atoms with E-state index >= 15 is 0 Å². The Labute approximate surface area is 160 Å². The molecule has 0 fully saturated rings. The molecule has 0 radical (unpaired) electrons. The molecule has 1 amide bonds. The smallest absolute Gasteiger partial charge is 0.238 e. The predicted octanol–water partition coefficient (Wildman–Crippen LogP) is 4.11. The number of carbonyl (C=O) groups is 1. The van der Waals surface area contributed by atoms with Gasteiger partial charge < -0.3 is 15.0 Å². The Hall–Kier alpha value is -2.92. The predicted molar refractivity (Wildman–Crippen MR) is 110 cm³/mol. The van der Waals surface area contributed by atoms with Crippen LogP contribution in [0.1, 0.15) is 12.5 Å². The molecule has 0 spiro atoms. The Bertz CT molecular complexity index is 967. The molecule has 1 N–H and O–H groups in total. The number of ether oxygens (including phenoxy) is 1. The van der Waals surface area contributed by atoms with Crippen LogP contribution in [0.5, 0.6) is 5.75 Å². The molecule has 0 aliphatic rings. The summed E-state index contributed by atoms with van der Waals surface area (Å²) in [5, 5.41) is 3.97. The van der Waals surface area contributed by atoms with Crippen LogP contribution < -0.4 is 10.1 Å². The fraction of sp³-hybridized carbons (Fsp3) is 0.273. The fourth-order valence-electron chi connectivity index (χ4n) is 3.02. The maximum atomic E-state index is 12.0. The molecule has 27 heavy (non-hydrogen) atoms. The third-order valence-corrected chi connectivity index (χ3v) is 4.20. The Morgan fingerprint density at radius 1 is 1.15 bits per heavy atom. The number of pyridine rings is 1. The molecule has 0 aliphatic heterocycles. The van der Waals surface area contributed by atoms with E-state index in [1.54, 1.807) is 0 Å². The summed E-state index contributed by atoms with van der Waals surface area (Å²) < 4.78 is 5.59. The number of benzene rings is 2. The molecule has 0 saturated carbocycles. The maximum absolute atomic E-state index is 12.0. The summed E-state index contributed by atoms with van der Waals surface area (Å²) in [7, 11) is 3.74. The monoisotopic (exact) mass is 363 g/mol. The lowest BCUT2D eigenvalue weighted by Gasteiger charge is -2.12. The second-order valence-corrected chi connectivity index (χ2v) is 6.80. The number of likely N-dealkylation sites (N-methyl/N-ethyl adjacent to an activating group) is 1. The highest BCUT2D eigenvalue weighted by atomic mass is 16.5. The molecule has 0 atom stereocenters. The second-order valence-electron chi connectivity index (χ2n) is 6.80. The minimum absolute atomic E-state index is 0.0330. The van der Waals surface area contributed by atoms with E-state index in [9.17, 15) is 4.79 Å². The number of anilines is 1. The zero-order chi connectivity index (χ0) is 19.4. The van der Waals surface area contributed by atoms with Gasteiger partial charge in [-0.3, -0.25) is 4.79 Å². The molecular formula is C22H25N3O2. The number of aryl methyl sites for hydroxylation is 1. The molecule has 3 rings (SSSR count). The summed E-state index contributed by atoms with van der Waals surface area (Å²) in [6.07, 6.45) is 0. The number of carbonyl (C=O) groups excluding carboxylic acids is 1. The first-order valence-corrected chi connectivity index (χ1v) is 9.05. The number of rotatable bonds is 6. The average molecular weight is 363 g/mol. The van der Waals surface area contributed by atoms with E-state index in [1.165, 1.54) is 0 Å². The van der Waals surface area contributed by atoms with E-state index in [0.717, 1.165) is 39.2 Å². The van der Waals surface area contributed by atoms with Crippen molar-refractivity contribution in [2.45, 2.75) is 13.8 Å². The topological polar surface area (TPSA) is 54.5 Å². The van der Waals surface area contributed by atoms with Crippen LogP contribution in [0, 0.1) is 6.92 Å². The van der Waals surface area contributed by atoms with Crippen molar-refractivity contribution in [1.82, 2.24) is 9.88 Å². The molecule has 2 aromatic carbocycles. The minimum atomic E-state index is -0.0330. The molecule has 0 bridgehead atoms. The summed E-state index contributed by atoms with van der Waals surface area (Å²) in [5.74, 6) is 0.808. The van der Waals surface area contributed by atoms with Crippen LogP contribution in [-0.2, 0) is 4.79 Å². The van der Waals surface area contributed by atoms with Gasteiger partial charge >= 0.3 is 0 Å². The van der Waals surface area contributed by atoms with Gasteiger partial charge in [-0.25, -0.2) is 4.98 Å². The van der Waals surface area contributed by atoms with Crippen molar-refractivity contribution < 1.29 is 9.53 Å². The molecule has 0 unspecified atom stereocenters. The van der Waals surface area contributed by atoms with Crippen LogP contribution in [0.3, 0.4) is 0 Å². The van der Waals surface area contributed by atoms with Crippen molar-refractivity contribution in [1.29, 1.82) is 0 Å². The van der Waals surface area contributed by atoms with E-state index in [2.05, 4.69) is 18.3 Å². The van der Waals surface area contributed by atoms with Crippen molar-refractivity contribution in [3.63, 3.8) is 0 Å². The Kier molecular flexibility index (Phi) is 5.72. The molecule has 1 heterocycles. The Morgan fingerprint density at radius 2 is 1.96 bits per heavy atom. The molecule has 5 nitrogen and oxygen atoms in total. The van der Waals surface area contributed by atoms with E-state index in [4.69, 9.17) is 9.72 Å². The minimum Gasteiger partial charge on any atom is -0.494 e. The van der Waals surface area contributed by atoms with Crippen LogP contribution in [0.25, 0.3) is 22.2 Å². The van der Waals surface area contributed by atoms with Crippen LogP contribution in [0.15, 0.2) is 48.5 Å². The number of fused-ring (bicyclic) bond motifs is 1. The summed E-state index contributed by atoms with van der Waals surface area (Å²) in [6, 6.07) is 15.9. The first-order valence-electron chi connectivity index (χ1n) is 9.05. The summed E-state index contributed by atoms with van der Waals surface area (Å²) in [4.78, 5) is 18.6. The van der Waals surface area contributed by atoms with Gasteiger partial charge in [0.25, 0.3) is 0 Å². The van der Waals surface area contributed by atoms with Gasteiger partial charge in [0.1, 0.15) is 5.75 Å². The van der Waals surface area contributed by atoms with E-state index in [-0.39, 0.29) is 5.91 Å². The standard InChI is InChI=1S/C22H25N3O2/c1-5-27-18-8-6-7-16(12-18)21-11-15(2)19-13-17(9-10-20(19)24-21)23-22(26)14-25(3)4/h6-13H,5,14H2,1-4H3,(H,23,26). The zero-order valence-corrected chi connectivity index (χ0v) is 16.2. The molecule has 3 aromatic rings. The number of hydrogen-bond donors (Lipinski definition) is 1. The normalized spacial score (nSPS) is 11.0. The lowest BCUT2D eigenvalue weighted by atomic mass is 10.0. The molecule has 0 saturated heterocycles. The highest BCUT2D eigenvalue weighted by Crippen LogP contribution is 2.28. The van der Waals surface area contributed by atoms with Gasteiger partial charge in [0.05, 0.1) is 24.4 Å². The van der Waals surface area contributed by atoms with Crippen LogP contribution in [0.2, 0.25) is 0 Å². The van der Waals surface area contributed by atoms with Gasteiger partial charge in [-0.05, 0) is 69.9 Å². The van der Waals surface area contributed by atoms with Crippen LogP contribution in [0.4, 0.5) is 5.69 Å². The van der Waals surface area contributed by atoms with Gasteiger partial charge in [-0.1, -0.05) is 12.1 Å². The van der Waals surface area contributed by atoms with E-state index in [0.29, 0.717) is 13.2 Å². The zero-order valence-electron chi connectivity index (χ0n) is 16.2. The average Bonchev–Trinajstić information content (AvgIpc) is 2.62. The molecule has 140 valence electrons. The maximum Gasteiger partial charge on any atom is 0.238 e. The summed E-state index contributed by atoms with van der Waals surface area (Å²) in [5.41, 5.74) is 4.73. The first-order chi connectivity index (χ1) is 13.0. The Balaban J connectivity index is 1.92. The van der Waals surface area contributed by atoms with Gasteiger partial charge in [-0.15, -0.1) is 0 Å². The quantitative estimate of drug-likeness (QED) is 0.716. The van der Waals surface area contributed by atoms with Crippen molar-refractivity contribution in [2.75, 3.05) is 32.6 Å². The number of hydrogen-bond acceptors (Lipinski definition) is 4. The van der Waals surface area contributed by atoms with Gasteiger partial charge in [0.2, 0.25) is 5.91 Å². The van der Waals surface area contributed by atoms with Crippen molar-refractivity contribution in [3.05, 3.63) is 54.1 Å². The lowest BCUT2D eigenvalue weighted by Crippen LogP contribution is -2.27.